The minimum atomic E-state index is -0.466. The number of hydrogen-bond acceptors (Lipinski definition) is 3. The molecule has 1 unspecified atom stereocenters. The van der Waals surface area contributed by atoms with Crippen molar-refractivity contribution in [3.05, 3.63) is 33.2 Å². The van der Waals surface area contributed by atoms with E-state index in [4.69, 9.17) is 4.74 Å². The zero-order chi connectivity index (χ0) is 17.2. The smallest absolute Gasteiger partial charge is 0.410 e. The topological polar surface area (TPSA) is 51.5 Å². The third-order valence-electron chi connectivity index (χ3n) is 4.22. The van der Waals surface area contributed by atoms with Gasteiger partial charge in [0.05, 0.1) is 0 Å². The van der Waals surface area contributed by atoms with Crippen molar-refractivity contribution in [1.29, 1.82) is 0 Å². The summed E-state index contributed by atoms with van der Waals surface area (Å²) in [6.07, 6.45) is 3.34. The number of hydrogen-bond donors (Lipinski definition) is 0. The predicted octanol–water partition coefficient (Wildman–Crippen LogP) is 3.82. The first-order valence-corrected chi connectivity index (χ1v) is 8.82. The van der Waals surface area contributed by atoms with Crippen LogP contribution in [0.2, 0.25) is 0 Å². The molecule has 2 heterocycles. The number of carbonyl (C=O) groups is 1. The fourth-order valence-electron chi connectivity index (χ4n) is 2.92. The Morgan fingerprint density at radius 3 is 2.48 bits per heavy atom. The average molecular weight is 385 g/mol. The molecule has 1 saturated heterocycles. The van der Waals surface area contributed by atoms with E-state index in [0.717, 1.165) is 17.3 Å². The van der Waals surface area contributed by atoms with Crippen LogP contribution in [-0.4, -0.2) is 34.3 Å². The van der Waals surface area contributed by atoms with Crippen molar-refractivity contribution in [3.63, 3.8) is 0 Å². The SMILES string of the molecule is CC(C1CCN(C(=O)OC(C)(C)C)CC1)n1ccc(Br)cc1=O. The van der Waals surface area contributed by atoms with E-state index >= 15 is 0 Å². The Balaban J connectivity index is 1.96. The zero-order valence-corrected chi connectivity index (χ0v) is 15.8. The molecule has 0 saturated carbocycles. The van der Waals surface area contributed by atoms with Crippen LogP contribution >= 0.6 is 15.9 Å². The van der Waals surface area contributed by atoms with E-state index in [1.54, 1.807) is 15.5 Å². The van der Waals surface area contributed by atoms with Crippen LogP contribution in [0.25, 0.3) is 0 Å². The lowest BCUT2D eigenvalue weighted by Gasteiger charge is -2.36. The molecule has 23 heavy (non-hydrogen) atoms. The molecule has 1 aliphatic rings. The van der Waals surface area contributed by atoms with E-state index in [0.29, 0.717) is 19.0 Å². The van der Waals surface area contributed by atoms with Crippen molar-refractivity contribution in [2.45, 2.75) is 52.2 Å². The van der Waals surface area contributed by atoms with Crippen LogP contribution in [0.15, 0.2) is 27.6 Å². The molecule has 0 aliphatic carbocycles. The summed E-state index contributed by atoms with van der Waals surface area (Å²) < 4.78 is 7.99. The van der Waals surface area contributed by atoms with Crippen LogP contribution in [0.4, 0.5) is 4.79 Å². The number of carbonyl (C=O) groups excluding carboxylic acids is 1. The maximum absolute atomic E-state index is 12.1. The van der Waals surface area contributed by atoms with Gasteiger partial charge in [-0.1, -0.05) is 15.9 Å². The van der Waals surface area contributed by atoms with Gasteiger partial charge in [-0.2, -0.15) is 0 Å². The molecule has 1 fully saturated rings. The van der Waals surface area contributed by atoms with Crippen LogP contribution in [0.5, 0.6) is 0 Å². The lowest BCUT2D eigenvalue weighted by atomic mass is 9.90. The summed E-state index contributed by atoms with van der Waals surface area (Å²) >= 11 is 3.32. The molecule has 1 amide bonds. The van der Waals surface area contributed by atoms with Crippen molar-refractivity contribution in [2.75, 3.05) is 13.1 Å². The van der Waals surface area contributed by atoms with Crippen molar-refractivity contribution < 1.29 is 9.53 Å². The molecule has 5 nitrogen and oxygen atoms in total. The number of nitrogens with zero attached hydrogens (tertiary/aromatic N) is 2. The Morgan fingerprint density at radius 1 is 1.35 bits per heavy atom. The largest absolute Gasteiger partial charge is 0.444 e. The number of likely N-dealkylation sites (tertiary alicyclic amines) is 1. The number of piperidine rings is 1. The maximum atomic E-state index is 12.1. The van der Waals surface area contributed by atoms with E-state index in [1.165, 1.54) is 0 Å². The second-order valence-corrected chi connectivity index (χ2v) is 8.05. The zero-order valence-electron chi connectivity index (χ0n) is 14.2. The fraction of sp³-hybridized carbons (Fsp3) is 0.647. The van der Waals surface area contributed by atoms with Crippen molar-refractivity contribution >= 4 is 22.0 Å². The second-order valence-electron chi connectivity index (χ2n) is 7.14. The average Bonchev–Trinajstić information content (AvgIpc) is 2.45. The molecule has 128 valence electrons. The van der Waals surface area contributed by atoms with Crippen LogP contribution in [0, 0.1) is 5.92 Å². The first-order valence-electron chi connectivity index (χ1n) is 8.03. The second kappa shape index (κ2) is 7.07. The highest BCUT2D eigenvalue weighted by Crippen LogP contribution is 2.28. The fourth-order valence-corrected chi connectivity index (χ4v) is 3.23. The molecule has 0 bridgehead atoms. The molecular formula is C17H25BrN2O3. The van der Waals surface area contributed by atoms with Crippen LogP contribution in [0.3, 0.4) is 0 Å². The van der Waals surface area contributed by atoms with Crippen molar-refractivity contribution in [2.24, 2.45) is 5.92 Å². The summed E-state index contributed by atoms with van der Waals surface area (Å²) in [7, 11) is 0. The number of ether oxygens (including phenoxy) is 1. The Labute approximate surface area is 145 Å². The minimum Gasteiger partial charge on any atom is -0.444 e. The van der Waals surface area contributed by atoms with Gasteiger partial charge in [0.2, 0.25) is 0 Å². The van der Waals surface area contributed by atoms with Gasteiger partial charge in [-0.3, -0.25) is 4.79 Å². The van der Waals surface area contributed by atoms with E-state index < -0.39 is 5.60 Å². The highest BCUT2D eigenvalue weighted by Gasteiger charge is 2.29. The molecule has 1 aliphatic heterocycles. The van der Waals surface area contributed by atoms with Gasteiger partial charge >= 0.3 is 6.09 Å². The van der Waals surface area contributed by atoms with Gasteiger partial charge in [0, 0.05) is 35.9 Å². The lowest BCUT2D eigenvalue weighted by Crippen LogP contribution is -2.43. The molecule has 2 rings (SSSR count). The Kier molecular flexibility index (Phi) is 5.55. The van der Waals surface area contributed by atoms with Crippen LogP contribution in [0.1, 0.15) is 46.6 Å². The molecule has 0 spiro atoms. The van der Waals surface area contributed by atoms with Crippen molar-refractivity contribution in [1.82, 2.24) is 9.47 Å². The predicted molar refractivity (Wildman–Crippen MR) is 93.6 cm³/mol. The number of aromatic nitrogens is 1. The minimum absolute atomic E-state index is 0.00134. The lowest BCUT2D eigenvalue weighted by molar-refractivity contribution is 0.0165. The van der Waals surface area contributed by atoms with Crippen molar-refractivity contribution in [3.8, 4) is 0 Å². The number of amides is 1. The van der Waals surface area contributed by atoms with Gasteiger partial charge in [-0.05, 0) is 52.5 Å². The molecule has 0 aromatic carbocycles. The summed E-state index contributed by atoms with van der Waals surface area (Å²) in [6, 6.07) is 3.59. The van der Waals surface area contributed by atoms with Gasteiger partial charge in [0.15, 0.2) is 0 Å². The summed E-state index contributed by atoms with van der Waals surface area (Å²) in [5.74, 6) is 0.382. The highest BCUT2D eigenvalue weighted by atomic mass is 79.9. The Morgan fingerprint density at radius 2 is 1.96 bits per heavy atom. The quantitative estimate of drug-likeness (QED) is 0.778. The molecule has 0 N–H and O–H groups in total. The molecule has 0 radical (unpaired) electrons. The first kappa shape index (κ1) is 18.0. The van der Waals surface area contributed by atoms with Gasteiger partial charge in [-0.25, -0.2) is 4.79 Å². The van der Waals surface area contributed by atoms with Gasteiger partial charge in [0.1, 0.15) is 5.60 Å². The van der Waals surface area contributed by atoms with Gasteiger partial charge in [-0.15, -0.1) is 0 Å². The molecule has 1 aromatic heterocycles. The van der Waals surface area contributed by atoms with E-state index in [1.807, 2.05) is 33.0 Å². The monoisotopic (exact) mass is 384 g/mol. The standard InChI is InChI=1S/C17H25BrN2O3/c1-12(20-10-7-14(18)11-15(20)21)13-5-8-19(9-6-13)16(22)23-17(2,3)4/h7,10-13H,5-6,8-9H2,1-4H3. The number of pyridine rings is 1. The maximum Gasteiger partial charge on any atom is 0.410 e. The van der Waals surface area contributed by atoms with E-state index in [2.05, 4.69) is 22.9 Å². The van der Waals surface area contributed by atoms with E-state index in [-0.39, 0.29) is 17.7 Å². The molecule has 1 atom stereocenters. The third kappa shape index (κ3) is 4.83. The van der Waals surface area contributed by atoms with Crippen LogP contribution in [-0.2, 0) is 4.74 Å². The third-order valence-corrected chi connectivity index (χ3v) is 4.72. The van der Waals surface area contributed by atoms with Gasteiger partial charge in [0.25, 0.3) is 5.56 Å². The highest BCUT2D eigenvalue weighted by molar-refractivity contribution is 9.10. The summed E-state index contributed by atoms with van der Waals surface area (Å²) in [5.41, 5.74) is -0.465. The molecular weight excluding hydrogens is 360 g/mol. The number of halogens is 1. The summed E-state index contributed by atoms with van der Waals surface area (Å²) in [6.45, 7) is 9.05. The van der Waals surface area contributed by atoms with Gasteiger partial charge < -0.3 is 14.2 Å². The molecule has 6 heteroatoms. The van der Waals surface area contributed by atoms with E-state index in [9.17, 15) is 9.59 Å². The Hall–Kier alpha value is -1.30. The molecule has 1 aromatic rings. The Bertz CT molecular complexity index is 613. The summed E-state index contributed by atoms with van der Waals surface area (Å²) in [4.78, 5) is 26.0. The summed E-state index contributed by atoms with van der Waals surface area (Å²) in [5, 5.41) is 0. The number of rotatable bonds is 2. The van der Waals surface area contributed by atoms with Crippen LogP contribution < -0.4 is 5.56 Å². The normalized spacial score (nSPS) is 17.9. The first-order chi connectivity index (χ1) is 10.7.